The van der Waals surface area contributed by atoms with E-state index in [0.29, 0.717) is 19.3 Å². The predicted octanol–water partition coefficient (Wildman–Crippen LogP) is 2.47. The van der Waals surface area contributed by atoms with E-state index in [0.717, 1.165) is 32.1 Å². The molecule has 0 bridgehead atoms. The van der Waals surface area contributed by atoms with Crippen LogP contribution in [-0.4, -0.2) is 32.0 Å². The fourth-order valence-corrected chi connectivity index (χ4v) is 4.88. The van der Waals surface area contributed by atoms with Crippen molar-refractivity contribution in [1.82, 2.24) is 0 Å². The molecule has 0 aromatic rings. The molecule has 0 heterocycles. The van der Waals surface area contributed by atoms with Crippen molar-refractivity contribution < 1.29 is 17.9 Å². The Bertz CT molecular complexity index is 355. The van der Waals surface area contributed by atoms with Gasteiger partial charge in [-0.3, -0.25) is 4.79 Å². The fraction of sp³-hybridized carbons (Fsp3) is 0.923. The zero-order valence-electron chi connectivity index (χ0n) is 11.4. The van der Waals surface area contributed by atoms with Crippen LogP contribution in [0.3, 0.4) is 0 Å². The monoisotopic (exact) mass is 276 g/mol. The highest BCUT2D eigenvalue weighted by Gasteiger charge is 2.39. The molecule has 1 saturated carbocycles. The van der Waals surface area contributed by atoms with E-state index in [-0.39, 0.29) is 5.25 Å². The van der Waals surface area contributed by atoms with Gasteiger partial charge < -0.3 is 4.74 Å². The Kier molecular flexibility index (Phi) is 6.12. The van der Waals surface area contributed by atoms with Crippen molar-refractivity contribution in [1.29, 1.82) is 0 Å². The van der Waals surface area contributed by atoms with E-state index in [1.54, 1.807) is 0 Å². The van der Waals surface area contributed by atoms with Crippen LogP contribution in [0.2, 0.25) is 0 Å². The highest BCUT2D eigenvalue weighted by atomic mass is 32.2. The molecule has 0 radical (unpaired) electrons. The predicted molar refractivity (Wildman–Crippen MR) is 71.1 cm³/mol. The fourth-order valence-electron chi connectivity index (χ4n) is 2.56. The Balaban J connectivity index is 2.83. The van der Waals surface area contributed by atoms with Crippen molar-refractivity contribution in [2.45, 2.75) is 68.8 Å². The van der Waals surface area contributed by atoms with E-state index >= 15 is 0 Å². The minimum atomic E-state index is -3.38. The molecule has 0 aromatic heterocycles. The van der Waals surface area contributed by atoms with Crippen LogP contribution in [0.15, 0.2) is 0 Å². The summed E-state index contributed by atoms with van der Waals surface area (Å²) in [5.41, 5.74) is 0. The summed E-state index contributed by atoms with van der Waals surface area (Å²) < 4.78 is 29.7. The lowest BCUT2D eigenvalue weighted by Crippen LogP contribution is -2.39. The van der Waals surface area contributed by atoms with E-state index < -0.39 is 21.1 Å². The summed E-state index contributed by atoms with van der Waals surface area (Å²) in [7, 11) is -2.12. The molecule has 0 aromatic carbocycles. The van der Waals surface area contributed by atoms with Gasteiger partial charge >= 0.3 is 5.97 Å². The van der Waals surface area contributed by atoms with E-state index in [2.05, 4.69) is 4.74 Å². The van der Waals surface area contributed by atoms with Gasteiger partial charge in [0.25, 0.3) is 0 Å². The third kappa shape index (κ3) is 3.70. The van der Waals surface area contributed by atoms with Gasteiger partial charge in [0.2, 0.25) is 0 Å². The van der Waals surface area contributed by atoms with Gasteiger partial charge in [-0.1, -0.05) is 39.0 Å². The maximum Gasteiger partial charge on any atom is 0.324 e. The number of unbranched alkanes of at least 4 members (excludes halogenated alkanes) is 1. The van der Waals surface area contributed by atoms with Crippen LogP contribution in [0.5, 0.6) is 0 Å². The summed E-state index contributed by atoms with van der Waals surface area (Å²) in [6.45, 7) is 1.99. The van der Waals surface area contributed by atoms with Crippen LogP contribution < -0.4 is 0 Å². The molecule has 1 aliphatic rings. The first-order valence-corrected chi connectivity index (χ1v) is 8.45. The molecule has 1 atom stereocenters. The molecule has 5 heteroatoms. The third-order valence-corrected chi connectivity index (χ3v) is 6.32. The smallest absolute Gasteiger partial charge is 0.324 e. The first-order valence-electron chi connectivity index (χ1n) is 6.84. The van der Waals surface area contributed by atoms with Gasteiger partial charge in [0.15, 0.2) is 15.1 Å². The molecule has 4 nitrogen and oxygen atoms in total. The molecule has 1 aliphatic carbocycles. The van der Waals surface area contributed by atoms with Crippen LogP contribution in [-0.2, 0) is 19.4 Å². The van der Waals surface area contributed by atoms with Crippen LogP contribution in [0.4, 0.5) is 0 Å². The van der Waals surface area contributed by atoms with Crippen molar-refractivity contribution in [3.05, 3.63) is 0 Å². The minimum absolute atomic E-state index is 0.341. The van der Waals surface area contributed by atoms with E-state index in [1.807, 2.05) is 6.92 Å². The molecule has 1 fully saturated rings. The number of sulfone groups is 1. The average molecular weight is 276 g/mol. The molecule has 0 aliphatic heterocycles. The van der Waals surface area contributed by atoms with Crippen LogP contribution in [0.1, 0.15) is 58.3 Å². The minimum Gasteiger partial charge on any atom is -0.468 e. The Morgan fingerprint density at radius 1 is 1.28 bits per heavy atom. The SMILES string of the molecule is CCCCC(C(=O)OC)S(=O)(=O)C1CCCCC1. The lowest BCUT2D eigenvalue weighted by atomic mass is 10.0. The second-order valence-electron chi connectivity index (χ2n) is 5.00. The molecular formula is C13H24O4S. The molecule has 1 unspecified atom stereocenters. The first-order chi connectivity index (χ1) is 8.54. The second kappa shape index (κ2) is 7.12. The second-order valence-corrected chi connectivity index (χ2v) is 7.42. The van der Waals surface area contributed by atoms with E-state index in [4.69, 9.17) is 0 Å². The summed E-state index contributed by atoms with van der Waals surface area (Å²) in [6, 6.07) is 0. The first kappa shape index (κ1) is 15.5. The molecule has 1 rings (SSSR count). The van der Waals surface area contributed by atoms with Gasteiger partial charge in [0.1, 0.15) is 0 Å². The average Bonchev–Trinajstić information content (AvgIpc) is 2.39. The number of carbonyl (C=O) groups excluding carboxylic acids is 1. The lowest BCUT2D eigenvalue weighted by molar-refractivity contribution is -0.140. The largest absolute Gasteiger partial charge is 0.468 e. The third-order valence-electron chi connectivity index (χ3n) is 3.70. The van der Waals surface area contributed by atoms with Gasteiger partial charge in [-0.2, -0.15) is 0 Å². The summed E-state index contributed by atoms with van der Waals surface area (Å²) in [6.07, 6.45) is 6.41. The van der Waals surface area contributed by atoms with Gasteiger partial charge in [-0.25, -0.2) is 8.42 Å². The number of methoxy groups -OCH3 is 1. The molecular weight excluding hydrogens is 252 g/mol. The van der Waals surface area contributed by atoms with Crippen LogP contribution >= 0.6 is 0 Å². The Morgan fingerprint density at radius 2 is 1.89 bits per heavy atom. The maximum atomic E-state index is 12.5. The number of hydrogen-bond acceptors (Lipinski definition) is 4. The van der Waals surface area contributed by atoms with Crippen molar-refractivity contribution in [3.8, 4) is 0 Å². The van der Waals surface area contributed by atoms with Crippen molar-refractivity contribution in [3.63, 3.8) is 0 Å². The Labute approximate surface area is 110 Å². The normalized spacial score (nSPS) is 19.4. The van der Waals surface area contributed by atoms with Gasteiger partial charge in [-0.05, 0) is 19.3 Å². The molecule has 0 amide bonds. The highest BCUT2D eigenvalue weighted by molar-refractivity contribution is 7.93. The molecule has 0 N–H and O–H groups in total. The number of carbonyl (C=O) groups is 1. The van der Waals surface area contributed by atoms with Crippen molar-refractivity contribution in [2.75, 3.05) is 7.11 Å². The zero-order valence-corrected chi connectivity index (χ0v) is 12.2. The van der Waals surface area contributed by atoms with E-state index in [9.17, 15) is 13.2 Å². The number of rotatable bonds is 6. The molecule has 18 heavy (non-hydrogen) atoms. The number of esters is 1. The lowest BCUT2D eigenvalue weighted by Gasteiger charge is -2.25. The van der Waals surface area contributed by atoms with Crippen LogP contribution in [0, 0.1) is 0 Å². The van der Waals surface area contributed by atoms with Gasteiger partial charge in [-0.15, -0.1) is 0 Å². The van der Waals surface area contributed by atoms with Crippen LogP contribution in [0.25, 0.3) is 0 Å². The Morgan fingerprint density at radius 3 is 2.39 bits per heavy atom. The standard InChI is InChI=1S/C13H24O4S/c1-3-4-10-12(13(14)17-2)18(15,16)11-8-6-5-7-9-11/h11-12H,3-10H2,1-2H3. The summed E-state index contributed by atoms with van der Waals surface area (Å²) in [5, 5.41) is -1.29. The summed E-state index contributed by atoms with van der Waals surface area (Å²) in [4.78, 5) is 11.7. The van der Waals surface area contributed by atoms with Crippen molar-refractivity contribution >= 4 is 15.8 Å². The quantitative estimate of drug-likeness (QED) is 0.699. The van der Waals surface area contributed by atoms with E-state index in [1.165, 1.54) is 7.11 Å². The molecule has 106 valence electrons. The van der Waals surface area contributed by atoms with Gasteiger partial charge in [0, 0.05) is 0 Å². The summed E-state index contributed by atoms with van der Waals surface area (Å²) >= 11 is 0. The Hall–Kier alpha value is -0.580. The highest BCUT2D eigenvalue weighted by Crippen LogP contribution is 2.28. The van der Waals surface area contributed by atoms with Gasteiger partial charge in [0.05, 0.1) is 12.4 Å². The number of hydrogen-bond donors (Lipinski definition) is 0. The zero-order chi connectivity index (χ0) is 13.6. The maximum absolute atomic E-state index is 12.5. The topological polar surface area (TPSA) is 60.4 Å². The molecule has 0 spiro atoms. The number of ether oxygens (including phenoxy) is 1. The van der Waals surface area contributed by atoms with Crippen molar-refractivity contribution in [2.24, 2.45) is 0 Å². The molecule has 0 saturated heterocycles. The summed E-state index contributed by atoms with van der Waals surface area (Å²) in [5.74, 6) is -0.589.